The zero-order chi connectivity index (χ0) is 27.1. The first-order valence-electron chi connectivity index (χ1n) is 13.1. The summed E-state index contributed by atoms with van der Waals surface area (Å²) < 4.78 is 1.99. The second kappa shape index (κ2) is 13.2. The van der Waals surface area contributed by atoms with Gasteiger partial charge in [-0.2, -0.15) is 0 Å². The number of nitrogens with zero attached hydrogens (tertiary/aromatic N) is 5. The number of halogens is 1. The molecule has 2 heterocycles. The van der Waals surface area contributed by atoms with Gasteiger partial charge in [0, 0.05) is 38.4 Å². The number of amides is 2. The lowest BCUT2D eigenvalue weighted by atomic mass is 10.0. The van der Waals surface area contributed by atoms with Crippen molar-refractivity contribution in [1.29, 1.82) is 0 Å². The van der Waals surface area contributed by atoms with Crippen LogP contribution in [0.4, 0.5) is 5.69 Å². The maximum atomic E-state index is 13.0. The number of carbonyl (C=O) groups excluding carboxylic acids is 2. The number of rotatable bonds is 10. The normalized spacial score (nSPS) is 14.6. The van der Waals surface area contributed by atoms with E-state index in [4.69, 9.17) is 11.6 Å². The predicted octanol–water partition coefficient (Wildman–Crippen LogP) is 4.91. The first kappa shape index (κ1) is 28.0. The Morgan fingerprint density at radius 3 is 2.34 bits per heavy atom. The van der Waals surface area contributed by atoms with Crippen LogP contribution in [0.5, 0.6) is 0 Å². The van der Waals surface area contributed by atoms with Crippen LogP contribution in [0, 0.1) is 5.92 Å². The van der Waals surface area contributed by atoms with Gasteiger partial charge in [0.1, 0.15) is 0 Å². The number of piperazine rings is 1. The van der Waals surface area contributed by atoms with Crippen LogP contribution >= 0.6 is 23.4 Å². The number of nitrogens with one attached hydrogen (secondary N) is 1. The second-order valence-electron chi connectivity index (χ2n) is 9.71. The molecule has 3 aromatic rings. The minimum absolute atomic E-state index is 0.0978. The van der Waals surface area contributed by atoms with Crippen LogP contribution in [0.2, 0.25) is 5.02 Å². The number of hydrogen-bond donors (Lipinski definition) is 1. The molecule has 2 amide bonds. The molecule has 0 saturated carbocycles. The zero-order valence-electron chi connectivity index (χ0n) is 22.1. The lowest BCUT2D eigenvalue weighted by Gasteiger charge is -2.36. The highest BCUT2D eigenvalue weighted by atomic mass is 35.5. The van der Waals surface area contributed by atoms with Crippen molar-refractivity contribution < 1.29 is 9.59 Å². The van der Waals surface area contributed by atoms with E-state index in [0.29, 0.717) is 59.3 Å². The minimum Gasteiger partial charge on any atom is -0.368 e. The Kier molecular flexibility index (Phi) is 9.69. The summed E-state index contributed by atoms with van der Waals surface area (Å²) in [4.78, 5) is 30.3. The standard InChI is InChI=1S/C28H35ClN6O2S/c1-4-35-26(24(18-20(2)3)30-27(37)22-12-8-9-13-23(22)29)31-32-28(35)38-19-25(36)34-16-14-33(15-17-34)21-10-6-5-7-11-21/h5-13,20,24H,4,14-19H2,1-3H3,(H,30,37)/t24-/m0/s1. The molecule has 1 saturated heterocycles. The highest BCUT2D eigenvalue weighted by molar-refractivity contribution is 7.99. The lowest BCUT2D eigenvalue weighted by molar-refractivity contribution is -0.128. The van der Waals surface area contributed by atoms with Gasteiger partial charge in [-0.15, -0.1) is 10.2 Å². The van der Waals surface area contributed by atoms with Gasteiger partial charge in [0.15, 0.2) is 11.0 Å². The third-order valence-corrected chi connectivity index (χ3v) is 7.86. The SMILES string of the molecule is CCn1c(SCC(=O)N2CCN(c3ccccc3)CC2)nnc1[C@H](CC(C)C)NC(=O)c1ccccc1Cl. The lowest BCUT2D eigenvalue weighted by Crippen LogP contribution is -2.49. The molecule has 4 rings (SSSR count). The summed E-state index contributed by atoms with van der Waals surface area (Å²) in [6.45, 7) is 9.89. The fourth-order valence-corrected chi connectivity index (χ4v) is 5.75. The van der Waals surface area contributed by atoms with Gasteiger partial charge in [0.2, 0.25) is 5.91 Å². The fraction of sp³-hybridized carbons (Fsp3) is 0.429. The number of carbonyl (C=O) groups is 2. The molecule has 0 spiro atoms. The number of thioether (sulfide) groups is 1. The molecule has 2 aromatic carbocycles. The third-order valence-electron chi connectivity index (χ3n) is 6.58. The monoisotopic (exact) mass is 554 g/mol. The Morgan fingerprint density at radius 2 is 1.68 bits per heavy atom. The molecule has 1 fully saturated rings. The van der Waals surface area contributed by atoms with E-state index in [1.807, 2.05) is 34.6 Å². The Bertz CT molecular complexity index is 1230. The second-order valence-corrected chi connectivity index (χ2v) is 11.1. The van der Waals surface area contributed by atoms with Gasteiger partial charge in [-0.25, -0.2) is 0 Å². The summed E-state index contributed by atoms with van der Waals surface area (Å²) in [6.07, 6.45) is 0.698. The first-order valence-corrected chi connectivity index (χ1v) is 14.4. The predicted molar refractivity (Wildman–Crippen MR) is 153 cm³/mol. The Labute approximate surface area is 233 Å². The average molecular weight is 555 g/mol. The number of aromatic nitrogens is 3. The number of benzene rings is 2. The molecule has 1 atom stereocenters. The van der Waals surface area contributed by atoms with Crippen molar-refractivity contribution in [3.05, 3.63) is 71.0 Å². The maximum absolute atomic E-state index is 13.0. The molecular formula is C28H35ClN6O2S. The first-order chi connectivity index (χ1) is 18.4. The van der Waals surface area contributed by atoms with Crippen molar-refractivity contribution in [2.45, 2.75) is 44.9 Å². The van der Waals surface area contributed by atoms with Gasteiger partial charge < -0.3 is 19.7 Å². The summed E-state index contributed by atoms with van der Waals surface area (Å²) in [6, 6.07) is 17.0. The minimum atomic E-state index is -0.331. The van der Waals surface area contributed by atoms with E-state index >= 15 is 0 Å². The van der Waals surface area contributed by atoms with E-state index in [9.17, 15) is 9.59 Å². The van der Waals surface area contributed by atoms with Crippen LogP contribution in [0.25, 0.3) is 0 Å². The summed E-state index contributed by atoms with van der Waals surface area (Å²) in [5, 5.41) is 13.1. The van der Waals surface area contributed by atoms with Crippen molar-refractivity contribution in [2.24, 2.45) is 5.92 Å². The molecular weight excluding hydrogens is 520 g/mol. The molecule has 0 bridgehead atoms. The Balaban J connectivity index is 1.39. The van der Waals surface area contributed by atoms with Crippen molar-refractivity contribution >= 4 is 40.9 Å². The number of hydrogen-bond acceptors (Lipinski definition) is 6. The number of para-hydroxylation sites is 1. The quantitative estimate of drug-likeness (QED) is 0.359. The molecule has 0 aliphatic carbocycles. The van der Waals surface area contributed by atoms with E-state index < -0.39 is 0 Å². The fourth-order valence-electron chi connectivity index (χ4n) is 4.61. The Hall–Kier alpha value is -3.04. The molecule has 1 aromatic heterocycles. The third kappa shape index (κ3) is 6.88. The van der Waals surface area contributed by atoms with Gasteiger partial charge in [-0.1, -0.05) is 67.5 Å². The van der Waals surface area contributed by atoms with Crippen molar-refractivity contribution in [3.8, 4) is 0 Å². The van der Waals surface area contributed by atoms with E-state index in [1.54, 1.807) is 24.3 Å². The molecule has 8 nitrogen and oxygen atoms in total. The van der Waals surface area contributed by atoms with E-state index in [0.717, 1.165) is 13.1 Å². The summed E-state index contributed by atoms with van der Waals surface area (Å²) in [5.41, 5.74) is 1.62. The molecule has 38 heavy (non-hydrogen) atoms. The molecule has 1 N–H and O–H groups in total. The van der Waals surface area contributed by atoms with Crippen molar-refractivity contribution in [1.82, 2.24) is 25.0 Å². The van der Waals surface area contributed by atoms with Gasteiger partial charge in [-0.3, -0.25) is 9.59 Å². The van der Waals surface area contributed by atoms with Gasteiger partial charge >= 0.3 is 0 Å². The molecule has 202 valence electrons. The molecule has 1 aliphatic heterocycles. The van der Waals surface area contributed by atoms with Crippen LogP contribution < -0.4 is 10.2 Å². The largest absolute Gasteiger partial charge is 0.368 e. The highest BCUT2D eigenvalue weighted by Crippen LogP contribution is 2.26. The van der Waals surface area contributed by atoms with Crippen LogP contribution in [-0.4, -0.2) is 63.4 Å². The average Bonchev–Trinajstić information content (AvgIpc) is 3.35. The van der Waals surface area contributed by atoms with E-state index in [2.05, 4.69) is 46.4 Å². The van der Waals surface area contributed by atoms with Crippen LogP contribution in [0.15, 0.2) is 59.8 Å². The molecule has 0 radical (unpaired) electrons. The summed E-state index contributed by atoms with van der Waals surface area (Å²) >= 11 is 7.65. The van der Waals surface area contributed by atoms with Crippen LogP contribution in [0.3, 0.4) is 0 Å². The number of anilines is 1. The molecule has 1 aliphatic rings. The van der Waals surface area contributed by atoms with Crippen molar-refractivity contribution in [2.75, 3.05) is 36.8 Å². The van der Waals surface area contributed by atoms with Crippen molar-refractivity contribution in [3.63, 3.8) is 0 Å². The maximum Gasteiger partial charge on any atom is 0.253 e. The van der Waals surface area contributed by atoms with Gasteiger partial charge in [0.25, 0.3) is 5.91 Å². The molecule has 10 heteroatoms. The van der Waals surface area contributed by atoms with Crippen LogP contribution in [0.1, 0.15) is 49.4 Å². The topological polar surface area (TPSA) is 83.4 Å². The molecule has 0 unspecified atom stereocenters. The van der Waals surface area contributed by atoms with Crippen LogP contribution in [-0.2, 0) is 11.3 Å². The highest BCUT2D eigenvalue weighted by Gasteiger charge is 2.26. The van der Waals surface area contributed by atoms with E-state index in [1.165, 1.54) is 17.4 Å². The zero-order valence-corrected chi connectivity index (χ0v) is 23.7. The van der Waals surface area contributed by atoms with E-state index in [-0.39, 0.29) is 17.9 Å². The van der Waals surface area contributed by atoms with Gasteiger partial charge in [0.05, 0.1) is 22.4 Å². The van der Waals surface area contributed by atoms with Gasteiger partial charge in [-0.05, 0) is 43.5 Å². The summed E-state index contributed by atoms with van der Waals surface area (Å²) in [5.74, 6) is 1.16. The Morgan fingerprint density at radius 1 is 1.00 bits per heavy atom. The summed E-state index contributed by atoms with van der Waals surface area (Å²) in [7, 11) is 0. The smallest absolute Gasteiger partial charge is 0.253 e.